The number of hydrogen-bond donors (Lipinski definition) is 2. The van der Waals surface area contributed by atoms with Crippen molar-refractivity contribution in [2.24, 2.45) is 10.4 Å². The van der Waals surface area contributed by atoms with Crippen LogP contribution in [0, 0.1) is 5.41 Å². The zero-order valence-corrected chi connectivity index (χ0v) is 15.1. The fraction of sp³-hybridized carbons (Fsp3) is 0.941. The summed E-state index contributed by atoms with van der Waals surface area (Å²) in [7, 11) is 3.64. The Balaban J connectivity index is 2.27. The number of likely N-dealkylation sites (N-methyl/N-ethyl adjacent to an activating group) is 1. The van der Waals surface area contributed by atoms with Crippen molar-refractivity contribution in [2.75, 3.05) is 53.5 Å². The Morgan fingerprint density at radius 1 is 1.23 bits per heavy atom. The summed E-state index contributed by atoms with van der Waals surface area (Å²) in [6, 6.07) is 0. The fourth-order valence-corrected chi connectivity index (χ4v) is 3.08. The quantitative estimate of drug-likeness (QED) is 0.453. The van der Waals surface area contributed by atoms with E-state index in [-0.39, 0.29) is 0 Å². The average molecular weight is 313 g/mol. The van der Waals surface area contributed by atoms with Gasteiger partial charge in [-0.05, 0) is 44.2 Å². The smallest absolute Gasteiger partial charge is 0.191 e. The molecule has 0 atom stereocenters. The van der Waals surface area contributed by atoms with Crippen LogP contribution in [0.25, 0.3) is 0 Å². The third kappa shape index (κ3) is 6.53. The molecule has 2 N–H and O–H groups in total. The van der Waals surface area contributed by atoms with Crippen LogP contribution in [-0.4, -0.2) is 64.3 Å². The van der Waals surface area contributed by atoms with E-state index in [0.29, 0.717) is 5.41 Å². The van der Waals surface area contributed by atoms with Crippen LogP contribution in [0.2, 0.25) is 0 Å². The largest absolute Gasteiger partial charge is 0.385 e. The summed E-state index contributed by atoms with van der Waals surface area (Å²) in [5.41, 5.74) is 0.422. The molecule has 0 bridgehead atoms. The highest BCUT2D eigenvalue weighted by molar-refractivity contribution is 5.79. The van der Waals surface area contributed by atoms with E-state index in [9.17, 15) is 0 Å². The van der Waals surface area contributed by atoms with Crippen LogP contribution in [0.4, 0.5) is 0 Å². The van der Waals surface area contributed by atoms with Gasteiger partial charge < -0.3 is 20.3 Å². The van der Waals surface area contributed by atoms with Crippen LogP contribution in [-0.2, 0) is 4.74 Å². The highest BCUT2D eigenvalue weighted by Gasteiger charge is 2.36. The molecule has 0 aromatic rings. The topological polar surface area (TPSA) is 48.9 Å². The predicted molar refractivity (Wildman–Crippen MR) is 94.5 cm³/mol. The molecule has 0 aliphatic heterocycles. The molecular weight excluding hydrogens is 276 g/mol. The standard InChI is InChI=1S/C17H36N4O/c1-5-12-21(6-2)13-11-19-16(18-3)20-15-17(8-7-9-17)10-14-22-4/h5-15H2,1-4H3,(H2,18,19,20). The van der Waals surface area contributed by atoms with E-state index in [2.05, 4.69) is 34.4 Å². The molecule has 1 fully saturated rings. The summed E-state index contributed by atoms with van der Waals surface area (Å²) in [5, 5.41) is 6.95. The summed E-state index contributed by atoms with van der Waals surface area (Å²) >= 11 is 0. The van der Waals surface area contributed by atoms with Crippen LogP contribution in [0.1, 0.15) is 46.0 Å². The van der Waals surface area contributed by atoms with Crippen molar-refractivity contribution in [1.82, 2.24) is 15.5 Å². The summed E-state index contributed by atoms with van der Waals surface area (Å²) in [5.74, 6) is 0.927. The van der Waals surface area contributed by atoms with Gasteiger partial charge in [-0.15, -0.1) is 0 Å². The third-order valence-corrected chi connectivity index (χ3v) is 4.81. The molecule has 1 aliphatic rings. The average Bonchev–Trinajstić information content (AvgIpc) is 2.50. The Morgan fingerprint density at radius 3 is 2.50 bits per heavy atom. The number of ether oxygens (including phenoxy) is 1. The van der Waals surface area contributed by atoms with E-state index in [4.69, 9.17) is 4.74 Å². The molecule has 1 saturated carbocycles. The molecule has 5 heteroatoms. The first kappa shape index (κ1) is 19.2. The first-order valence-electron chi connectivity index (χ1n) is 8.85. The van der Waals surface area contributed by atoms with Gasteiger partial charge in [0.2, 0.25) is 0 Å². The van der Waals surface area contributed by atoms with Crippen LogP contribution in [0.3, 0.4) is 0 Å². The molecule has 0 unspecified atom stereocenters. The number of rotatable bonds is 11. The molecule has 0 aromatic heterocycles. The van der Waals surface area contributed by atoms with Gasteiger partial charge in [-0.1, -0.05) is 20.3 Å². The third-order valence-electron chi connectivity index (χ3n) is 4.81. The zero-order chi connectivity index (χ0) is 16.3. The first-order chi connectivity index (χ1) is 10.7. The molecule has 0 radical (unpaired) electrons. The monoisotopic (exact) mass is 312 g/mol. The molecule has 0 amide bonds. The van der Waals surface area contributed by atoms with Crippen molar-refractivity contribution in [1.29, 1.82) is 0 Å². The van der Waals surface area contributed by atoms with E-state index in [1.54, 1.807) is 7.11 Å². The zero-order valence-electron chi connectivity index (χ0n) is 15.1. The van der Waals surface area contributed by atoms with Gasteiger partial charge in [-0.3, -0.25) is 4.99 Å². The number of methoxy groups -OCH3 is 1. The minimum Gasteiger partial charge on any atom is -0.385 e. The summed E-state index contributed by atoms with van der Waals surface area (Å²) in [6.07, 6.45) is 6.32. The Hall–Kier alpha value is -0.810. The Bertz CT molecular complexity index is 316. The summed E-state index contributed by atoms with van der Waals surface area (Å²) in [4.78, 5) is 6.81. The minimum absolute atomic E-state index is 0.422. The number of nitrogens with one attached hydrogen (secondary N) is 2. The van der Waals surface area contributed by atoms with Gasteiger partial charge >= 0.3 is 0 Å². The number of guanidine groups is 1. The summed E-state index contributed by atoms with van der Waals surface area (Å²) in [6.45, 7) is 10.6. The van der Waals surface area contributed by atoms with Crippen molar-refractivity contribution in [3.63, 3.8) is 0 Å². The maximum atomic E-state index is 5.25. The molecule has 1 rings (SSSR count). The fourth-order valence-electron chi connectivity index (χ4n) is 3.08. The van der Waals surface area contributed by atoms with E-state index in [0.717, 1.165) is 45.2 Å². The molecular formula is C17H36N4O. The SMILES string of the molecule is CCCN(CC)CCNC(=NC)NCC1(CCOC)CCC1. The van der Waals surface area contributed by atoms with Gasteiger partial charge in [0.05, 0.1) is 0 Å². The molecule has 0 aromatic carbocycles. The normalized spacial score (nSPS) is 17.4. The van der Waals surface area contributed by atoms with Crippen molar-refractivity contribution < 1.29 is 4.74 Å². The van der Waals surface area contributed by atoms with E-state index >= 15 is 0 Å². The van der Waals surface area contributed by atoms with Crippen molar-refractivity contribution in [2.45, 2.75) is 46.0 Å². The molecule has 0 heterocycles. The first-order valence-corrected chi connectivity index (χ1v) is 8.85. The van der Waals surface area contributed by atoms with E-state index in [1.807, 2.05) is 7.05 Å². The second kappa shape index (κ2) is 10.8. The van der Waals surface area contributed by atoms with Crippen LogP contribution >= 0.6 is 0 Å². The Morgan fingerprint density at radius 2 is 2.00 bits per heavy atom. The van der Waals surface area contributed by atoms with Gasteiger partial charge in [-0.25, -0.2) is 0 Å². The highest BCUT2D eigenvalue weighted by atomic mass is 16.5. The molecule has 0 saturated heterocycles. The summed E-state index contributed by atoms with van der Waals surface area (Å²) < 4.78 is 5.25. The lowest BCUT2D eigenvalue weighted by atomic mass is 9.67. The minimum atomic E-state index is 0.422. The van der Waals surface area contributed by atoms with E-state index in [1.165, 1.54) is 32.2 Å². The van der Waals surface area contributed by atoms with Crippen molar-refractivity contribution in [3.05, 3.63) is 0 Å². The van der Waals surface area contributed by atoms with Crippen LogP contribution in [0.15, 0.2) is 4.99 Å². The molecule has 5 nitrogen and oxygen atoms in total. The maximum Gasteiger partial charge on any atom is 0.191 e. The molecule has 0 spiro atoms. The Kier molecular flexibility index (Phi) is 9.48. The van der Waals surface area contributed by atoms with Gasteiger partial charge in [0.25, 0.3) is 0 Å². The van der Waals surface area contributed by atoms with Crippen LogP contribution in [0.5, 0.6) is 0 Å². The number of hydrogen-bond acceptors (Lipinski definition) is 3. The molecule has 130 valence electrons. The van der Waals surface area contributed by atoms with Gasteiger partial charge in [0.1, 0.15) is 0 Å². The van der Waals surface area contributed by atoms with Gasteiger partial charge in [-0.2, -0.15) is 0 Å². The lowest BCUT2D eigenvalue weighted by molar-refractivity contribution is 0.0732. The lowest BCUT2D eigenvalue weighted by Crippen LogP contribution is -2.48. The lowest BCUT2D eigenvalue weighted by Gasteiger charge is -2.42. The number of nitrogens with zero attached hydrogens (tertiary/aromatic N) is 2. The second-order valence-electron chi connectivity index (χ2n) is 6.38. The molecule has 1 aliphatic carbocycles. The van der Waals surface area contributed by atoms with Gasteiger partial charge in [0, 0.05) is 40.4 Å². The van der Waals surface area contributed by atoms with Crippen LogP contribution < -0.4 is 10.6 Å². The van der Waals surface area contributed by atoms with E-state index < -0.39 is 0 Å². The maximum absolute atomic E-state index is 5.25. The number of aliphatic imine (C=N–C) groups is 1. The van der Waals surface area contributed by atoms with Crippen molar-refractivity contribution >= 4 is 5.96 Å². The second-order valence-corrected chi connectivity index (χ2v) is 6.38. The highest BCUT2D eigenvalue weighted by Crippen LogP contribution is 2.43. The Labute approximate surface area is 136 Å². The predicted octanol–water partition coefficient (Wildman–Crippen LogP) is 2.09. The van der Waals surface area contributed by atoms with Crippen molar-refractivity contribution in [3.8, 4) is 0 Å². The van der Waals surface area contributed by atoms with Gasteiger partial charge in [0.15, 0.2) is 5.96 Å². The molecule has 22 heavy (non-hydrogen) atoms.